The summed E-state index contributed by atoms with van der Waals surface area (Å²) in [5.74, 6) is -1.70. The molecule has 0 aliphatic rings. The van der Waals surface area contributed by atoms with Crippen molar-refractivity contribution in [2.75, 3.05) is 11.9 Å². The maximum Gasteiger partial charge on any atom is 0.307 e. The number of ether oxygens (including phenoxy) is 1. The van der Waals surface area contributed by atoms with E-state index in [4.69, 9.17) is 16.3 Å². The molecule has 0 unspecified atom stereocenters. The Hall–Kier alpha value is -2.56. The van der Waals surface area contributed by atoms with Crippen molar-refractivity contribution in [3.05, 3.63) is 53.4 Å². The maximum absolute atomic E-state index is 12.9. The number of sulfonamides is 1. The molecule has 8 nitrogen and oxygen atoms in total. The van der Waals surface area contributed by atoms with Gasteiger partial charge in [-0.3, -0.25) is 9.59 Å². The molecule has 1 aromatic carbocycles. The van der Waals surface area contributed by atoms with Crippen LogP contribution in [0.4, 0.5) is 10.2 Å². The van der Waals surface area contributed by atoms with Gasteiger partial charge in [0.25, 0.3) is 5.91 Å². The topological polar surface area (TPSA) is 114 Å². The Morgan fingerprint density at radius 3 is 2.50 bits per heavy atom. The number of pyridine rings is 1. The van der Waals surface area contributed by atoms with Crippen molar-refractivity contribution in [2.45, 2.75) is 24.3 Å². The van der Waals surface area contributed by atoms with Crippen LogP contribution in [0.15, 0.2) is 47.5 Å². The van der Waals surface area contributed by atoms with Crippen LogP contribution in [0, 0.1) is 5.82 Å². The minimum absolute atomic E-state index is 0.134. The van der Waals surface area contributed by atoms with E-state index in [9.17, 15) is 22.4 Å². The number of carbonyl (C=O) groups is 2. The molecule has 0 aliphatic heterocycles. The number of nitrogens with zero attached hydrogens (tertiary/aromatic N) is 1. The molecule has 0 spiro atoms. The predicted octanol–water partition coefficient (Wildman–Crippen LogP) is 2.11. The molecule has 0 saturated heterocycles. The third-order valence-corrected chi connectivity index (χ3v) is 5.10. The summed E-state index contributed by atoms with van der Waals surface area (Å²) in [6.45, 7) is 1.12. The number of rotatable bonds is 8. The predicted molar refractivity (Wildman–Crippen MR) is 99.6 cm³/mol. The molecule has 1 atom stereocenters. The molecule has 2 aromatic rings. The van der Waals surface area contributed by atoms with Crippen LogP contribution < -0.4 is 10.0 Å². The zero-order chi connectivity index (χ0) is 20.7. The van der Waals surface area contributed by atoms with Crippen LogP contribution in [0.5, 0.6) is 0 Å². The molecule has 0 radical (unpaired) electrons. The summed E-state index contributed by atoms with van der Waals surface area (Å²) < 4.78 is 44.0. The average molecular weight is 430 g/mol. The third kappa shape index (κ3) is 6.55. The van der Waals surface area contributed by atoms with Gasteiger partial charge in [-0.2, -0.15) is 0 Å². The molecular weight excluding hydrogens is 413 g/mol. The molecule has 0 fully saturated rings. The van der Waals surface area contributed by atoms with E-state index in [1.165, 1.54) is 25.3 Å². The molecule has 0 saturated carbocycles. The Bertz CT molecular complexity index is 936. The number of carbonyl (C=O) groups excluding carboxylic acids is 2. The normalized spacial score (nSPS) is 12.2. The number of hydrogen-bond donors (Lipinski definition) is 2. The van der Waals surface area contributed by atoms with Gasteiger partial charge in [0.2, 0.25) is 10.0 Å². The summed E-state index contributed by atoms with van der Waals surface area (Å²) in [5, 5.41) is 2.86. The molecule has 0 bridgehead atoms. The van der Waals surface area contributed by atoms with E-state index in [1.807, 2.05) is 0 Å². The number of hydrogen-bond acceptors (Lipinski definition) is 6. The zero-order valence-corrected chi connectivity index (χ0v) is 16.3. The molecule has 1 heterocycles. The number of benzene rings is 1. The van der Waals surface area contributed by atoms with Crippen LogP contribution in [-0.2, 0) is 24.3 Å². The number of nitrogens with one attached hydrogen (secondary N) is 2. The van der Waals surface area contributed by atoms with E-state index in [0.29, 0.717) is 5.02 Å². The van der Waals surface area contributed by atoms with Crippen molar-refractivity contribution >= 4 is 39.3 Å². The van der Waals surface area contributed by atoms with E-state index in [0.717, 1.165) is 24.3 Å². The van der Waals surface area contributed by atoms with Crippen molar-refractivity contribution in [3.63, 3.8) is 0 Å². The molecule has 2 N–H and O–H groups in total. The van der Waals surface area contributed by atoms with Crippen molar-refractivity contribution in [1.82, 2.24) is 9.71 Å². The molecule has 0 aliphatic carbocycles. The van der Waals surface area contributed by atoms with Gasteiger partial charge in [-0.1, -0.05) is 11.6 Å². The second kappa shape index (κ2) is 9.58. The van der Waals surface area contributed by atoms with Gasteiger partial charge >= 0.3 is 5.97 Å². The van der Waals surface area contributed by atoms with Gasteiger partial charge in [0.15, 0.2) is 6.10 Å². The summed E-state index contributed by atoms with van der Waals surface area (Å²) in [4.78, 5) is 27.5. The van der Waals surface area contributed by atoms with E-state index in [2.05, 4.69) is 15.0 Å². The lowest BCUT2D eigenvalue weighted by atomic mass is 10.3. The molecule has 1 aromatic heterocycles. The summed E-state index contributed by atoms with van der Waals surface area (Å²) in [5.41, 5.74) is 0. The standard InChI is InChI=1S/C17H17ClFN3O5S/c1-11(17(24)22-15-7-2-12(18)10-20-15)27-16(23)8-9-21-28(25,26)14-5-3-13(19)4-6-14/h2-7,10-11,21H,8-9H2,1H3,(H,20,22,24)/t11-/m1/s1. The lowest BCUT2D eigenvalue weighted by molar-refractivity contribution is -0.152. The molecule has 150 valence electrons. The maximum atomic E-state index is 12.9. The fourth-order valence-corrected chi connectivity index (χ4v) is 3.12. The Balaban J connectivity index is 1.78. The molecule has 11 heteroatoms. The van der Waals surface area contributed by atoms with Gasteiger partial charge < -0.3 is 10.1 Å². The van der Waals surface area contributed by atoms with Gasteiger partial charge in [0.1, 0.15) is 11.6 Å². The Kier molecular flexibility index (Phi) is 7.44. The lowest BCUT2D eigenvalue weighted by Gasteiger charge is -2.13. The molecule has 2 rings (SSSR count). The molecule has 28 heavy (non-hydrogen) atoms. The van der Waals surface area contributed by atoms with E-state index < -0.39 is 33.8 Å². The number of amides is 1. The number of esters is 1. The third-order valence-electron chi connectivity index (χ3n) is 3.40. The zero-order valence-electron chi connectivity index (χ0n) is 14.7. The van der Waals surface area contributed by atoms with Gasteiger partial charge in [-0.25, -0.2) is 22.5 Å². The minimum atomic E-state index is -3.88. The fraction of sp³-hybridized carbons (Fsp3) is 0.235. The lowest BCUT2D eigenvalue weighted by Crippen LogP contribution is -2.32. The summed E-state index contributed by atoms with van der Waals surface area (Å²) in [6, 6.07) is 7.25. The summed E-state index contributed by atoms with van der Waals surface area (Å²) in [7, 11) is -3.88. The molecule has 1 amide bonds. The summed E-state index contributed by atoms with van der Waals surface area (Å²) >= 11 is 5.70. The van der Waals surface area contributed by atoms with Gasteiger partial charge in [0.05, 0.1) is 16.3 Å². The van der Waals surface area contributed by atoms with Crippen LogP contribution in [-0.4, -0.2) is 37.9 Å². The number of aromatic nitrogens is 1. The molecular formula is C17H17ClFN3O5S. The first kappa shape index (κ1) is 21.7. The summed E-state index contributed by atoms with van der Waals surface area (Å²) in [6.07, 6.45) is -0.0584. The van der Waals surface area contributed by atoms with E-state index in [-0.39, 0.29) is 23.7 Å². The van der Waals surface area contributed by atoms with Crippen molar-refractivity contribution in [1.29, 1.82) is 0 Å². The van der Waals surface area contributed by atoms with E-state index >= 15 is 0 Å². The van der Waals surface area contributed by atoms with Crippen LogP contribution in [0.25, 0.3) is 0 Å². The fourth-order valence-electron chi connectivity index (χ4n) is 1.97. The van der Waals surface area contributed by atoms with E-state index in [1.54, 1.807) is 0 Å². The van der Waals surface area contributed by atoms with Crippen LogP contribution in [0.3, 0.4) is 0 Å². The highest BCUT2D eigenvalue weighted by atomic mass is 35.5. The average Bonchev–Trinajstić information content (AvgIpc) is 2.63. The van der Waals surface area contributed by atoms with Crippen molar-refractivity contribution in [2.24, 2.45) is 0 Å². The highest BCUT2D eigenvalue weighted by Crippen LogP contribution is 2.11. The second-order valence-corrected chi connectivity index (χ2v) is 7.79. The van der Waals surface area contributed by atoms with Gasteiger partial charge in [-0.05, 0) is 43.3 Å². The monoisotopic (exact) mass is 429 g/mol. The smallest absolute Gasteiger partial charge is 0.307 e. The van der Waals surface area contributed by atoms with Crippen molar-refractivity contribution < 1.29 is 27.1 Å². The van der Waals surface area contributed by atoms with Gasteiger partial charge in [-0.15, -0.1) is 0 Å². The number of halogens is 2. The van der Waals surface area contributed by atoms with Crippen molar-refractivity contribution in [3.8, 4) is 0 Å². The Morgan fingerprint density at radius 2 is 1.89 bits per heavy atom. The first-order valence-corrected chi connectivity index (χ1v) is 9.90. The minimum Gasteiger partial charge on any atom is -0.452 e. The first-order chi connectivity index (χ1) is 13.2. The highest BCUT2D eigenvalue weighted by molar-refractivity contribution is 7.89. The van der Waals surface area contributed by atoms with Crippen LogP contribution in [0.2, 0.25) is 5.02 Å². The highest BCUT2D eigenvalue weighted by Gasteiger charge is 2.19. The first-order valence-electron chi connectivity index (χ1n) is 8.04. The van der Waals surface area contributed by atoms with Gasteiger partial charge in [0, 0.05) is 12.7 Å². The number of anilines is 1. The SMILES string of the molecule is C[C@@H](OC(=O)CCNS(=O)(=O)c1ccc(F)cc1)C(=O)Nc1ccc(Cl)cn1. The Labute approximate surface area is 166 Å². The van der Waals surface area contributed by atoms with Crippen LogP contribution in [0.1, 0.15) is 13.3 Å². The Morgan fingerprint density at radius 1 is 1.21 bits per heavy atom. The largest absolute Gasteiger partial charge is 0.452 e. The second-order valence-electron chi connectivity index (χ2n) is 5.58. The van der Waals surface area contributed by atoms with Crippen LogP contribution >= 0.6 is 11.6 Å². The quantitative estimate of drug-likeness (QED) is 0.621.